The number of aliphatic carboxylic acids is 1. The maximum absolute atomic E-state index is 13.7. The number of carboxylic acids is 1. The van der Waals surface area contributed by atoms with Gasteiger partial charge in [-0.25, -0.2) is 4.39 Å². The number of carbonyl (C=O) groups excluding carboxylic acids is 1. The Morgan fingerprint density at radius 3 is 2.85 bits per heavy atom. The van der Waals surface area contributed by atoms with E-state index < -0.39 is 11.8 Å². The Hall–Kier alpha value is -1.62. The number of amides is 1. The SMILES string of the molecule is O=C(O)CCC1CCN(C(=O)c2ccc(Cl)cc2F)C1. The van der Waals surface area contributed by atoms with Crippen LogP contribution in [-0.2, 0) is 4.79 Å². The van der Waals surface area contributed by atoms with E-state index in [9.17, 15) is 14.0 Å². The molecular formula is C14H15ClFNO3. The summed E-state index contributed by atoms with van der Waals surface area (Å²) >= 11 is 5.65. The second-order valence-electron chi connectivity index (χ2n) is 4.96. The number of benzene rings is 1. The first kappa shape index (κ1) is 14.8. The molecule has 1 atom stereocenters. The number of likely N-dealkylation sites (tertiary alicyclic amines) is 1. The molecule has 108 valence electrons. The monoisotopic (exact) mass is 299 g/mol. The van der Waals surface area contributed by atoms with E-state index in [-0.39, 0.29) is 28.8 Å². The quantitative estimate of drug-likeness (QED) is 0.930. The summed E-state index contributed by atoms with van der Waals surface area (Å²) in [7, 11) is 0. The van der Waals surface area contributed by atoms with Crippen molar-refractivity contribution in [2.45, 2.75) is 19.3 Å². The number of halogens is 2. The topological polar surface area (TPSA) is 57.6 Å². The summed E-state index contributed by atoms with van der Waals surface area (Å²) in [5.41, 5.74) is 0.00767. The summed E-state index contributed by atoms with van der Waals surface area (Å²) in [5.74, 6) is -1.66. The maximum atomic E-state index is 13.7. The lowest BCUT2D eigenvalue weighted by Gasteiger charge is -2.17. The molecule has 1 amide bonds. The molecule has 1 aliphatic rings. The molecule has 1 fully saturated rings. The van der Waals surface area contributed by atoms with Crippen molar-refractivity contribution in [1.29, 1.82) is 0 Å². The third kappa shape index (κ3) is 3.48. The van der Waals surface area contributed by atoms with Crippen molar-refractivity contribution in [1.82, 2.24) is 4.90 Å². The zero-order valence-corrected chi connectivity index (χ0v) is 11.6. The highest BCUT2D eigenvalue weighted by atomic mass is 35.5. The number of hydrogen-bond donors (Lipinski definition) is 1. The average molecular weight is 300 g/mol. The number of hydrogen-bond acceptors (Lipinski definition) is 2. The zero-order valence-electron chi connectivity index (χ0n) is 10.8. The van der Waals surface area contributed by atoms with Gasteiger partial charge < -0.3 is 10.0 Å². The van der Waals surface area contributed by atoms with E-state index in [4.69, 9.17) is 16.7 Å². The summed E-state index contributed by atoms with van der Waals surface area (Å²) < 4.78 is 13.7. The van der Waals surface area contributed by atoms with Crippen LogP contribution >= 0.6 is 11.6 Å². The van der Waals surface area contributed by atoms with Crippen molar-refractivity contribution in [3.8, 4) is 0 Å². The van der Waals surface area contributed by atoms with Crippen molar-refractivity contribution < 1.29 is 19.1 Å². The predicted octanol–water partition coefficient (Wildman–Crippen LogP) is 2.81. The van der Waals surface area contributed by atoms with E-state index in [1.54, 1.807) is 4.90 Å². The van der Waals surface area contributed by atoms with Gasteiger partial charge in [-0.3, -0.25) is 9.59 Å². The minimum absolute atomic E-state index is 0.00767. The molecule has 1 aromatic rings. The Labute approximate surface area is 121 Å². The lowest BCUT2D eigenvalue weighted by atomic mass is 10.0. The molecule has 0 aliphatic carbocycles. The average Bonchev–Trinajstić information content (AvgIpc) is 2.84. The molecule has 0 bridgehead atoms. The molecule has 2 rings (SSSR count). The smallest absolute Gasteiger partial charge is 0.303 e. The van der Waals surface area contributed by atoms with Gasteiger partial charge in [0.15, 0.2) is 0 Å². The van der Waals surface area contributed by atoms with Crippen molar-refractivity contribution in [2.24, 2.45) is 5.92 Å². The molecule has 6 heteroatoms. The Morgan fingerprint density at radius 1 is 1.45 bits per heavy atom. The lowest BCUT2D eigenvalue weighted by Crippen LogP contribution is -2.29. The van der Waals surface area contributed by atoms with Crippen LogP contribution in [0.25, 0.3) is 0 Å². The highest BCUT2D eigenvalue weighted by molar-refractivity contribution is 6.30. The number of carboxylic acid groups (broad SMARTS) is 1. The minimum atomic E-state index is -0.835. The molecule has 1 heterocycles. The van der Waals surface area contributed by atoms with E-state index in [0.29, 0.717) is 19.5 Å². The Bertz CT molecular complexity index is 535. The number of nitrogens with zero attached hydrogens (tertiary/aromatic N) is 1. The van der Waals surface area contributed by atoms with Crippen LogP contribution in [0, 0.1) is 11.7 Å². The third-order valence-electron chi connectivity index (χ3n) is 3.50. The first-order chi connectivity index (χ1) is 9.47. The highest BCUT2D eigenvalue weighted by Crippen LogP contribution is 2.24. The van der Waals surface area contributed by atoms with Gasteiger partial charge in [0.2, 0.25) is 0 Å². The second kappa shape index (κ2) is 6.22. The second-order valence-corrected chi connectivity index (χ2v) is 5.40. The predicted molar refractivity (Wildman–Crippen MR) is 72.3 cm³/mol. The van der Waals surface area contributed by atoms with Gasteiger partial charge in [0.25, 0.3) is 5.91 Å². The summed E-state index contributed by atoms with van der Waals surface area (Å²) in [5, 5.41) is 8.90. The van der Waals surface area contributed by atoms with E-state index in [2.05, 4.69) is 0 Å². The van der Waals surface area contributed by atoms with Crippen LogP contribution in [0.5, 0.6) is 0 Å². The van der Waals surface area contributed by atoms with Crippen molar-refractivity contribution in [3.05, 3.63) is 34.6 Å². The van der Waals surface area contributed by atoms with Crippen molar-refractivity contribution in [2.75, 3.05) is 13.1 Å². The first-order valence-electron chi connectivity index (χ1n) is 6.43. The van der Waals surface area contributed by atoms with Crippen molar-refractivity contribution in [3.63, 3.8) is 0 Å². The molecule has 20 heavy (non-hydrogen) atoms. The Balaban J connectivity index is 1.99. The summed E-state index contributed by atoms with van der Waals surface area (Å²) in [4.78, 5) is 24.3. The zero-order chi connectivity index (χ0) is 14.7. The molecule has 0 aromatic heterocycles. The van der Waals surface area contributed by atoms with Crippen LogP contribution in [0.15, 0.2) is 18.2 Å². The Morgan fingerprint density at radius 2 is 2.20 bits per heavy atom. The van der Waals surface area contributed by atoms with Crippen LogP contribution in [0.2, 0.25) is 5.02 Å². The maximum Gasteiger partial charge on any atom is 0.303 e. The standard InChI is InChI=1S/C14H15ClFNO3/c15-10-2-3-11(12(16)7-10)14(20)17-6-5-9(8-17)1-4-13(18)19/h2-3,7,9H,1,4-6,8H2,(H,18,19). The van der Waals surface area contributed by atoms with Crippen molar-refractivity contribution >= 4 is 23.5 Å². The summed E-state index contributed by atoms with van der Waals surface area (Å²) in [6.45, 7) is 1.01. The number of carbonyl (C=O) groups is 2. The first-order valence-corrected chi connectivity index (χ1v) is 6.81. The molecule has 1 aliphatic heterocycles. The van der Waals surface area contributed by atoms with E-state index in [1.807, 2.05) is 0 Å². The van der Waals surface area contributed by atoms with Gasteiger partial charge in [0.05, 0.1) is 5.56 Å². The number of rotatable bonds is 4. The van der Waals surface area contributed by atoms with E-state index in [1.165, 1.54) is 12.1 Å². The fraction of sp³-hybridized carbons (Fsp3) is 0.429. The molecule has 4 nitrogen and oxygen atoms in total. The van der Waals surface area contributed by atoms with Gasteiger partial charge in [-0.05, 0) is 37.0 Å². The summed E-state index contributed by atoms with van der Waals surface area (Å²) in [6.07, 6.45) is 1.40. The third-order valence-corrected chi connectivity index (χ3v) is 3.74. The lowest BCUT2D eigenvalue weighted by molar-refractivity contribution is -0.137. The summed E-state index contributed by atoms with van der Waals surface area (Å²) in [6, 6.07) is 3.98. The highest BCUT2D eigenvalue weighted by Gasteiger charge is 2.28. The largest absolute Gasteiger partial charge is 0.481 e. The van der Waals surface area contributed by atoms with E-state index in [0.717, 1.165) is 12.5 Å². The normalized spacial score (nSPS) is 18.3. The van der Waals surface area contributed by atoms with Gasteiger partial charge in [-0.15, -0.1) is 0 Å². The molecule has 0 saturated carbocycles. The van der Waals surface area contributed by atoms with Gasteiger partial charge in [-0.2, -0.15) is 0 Å². The molecule has 1 N–H and O–H groups in total. The van der Waals surface area contributed by atoms with Gasteiger partial charge in [0, 0.05) is 24.5 Å². The van der Waals surface area contributed by atoms with E-state index >= 15 is 0 Å². The van der Waals surface area contributed by atoms with Gasteiger partial charge in [-0.1, -0.05) is 11.6 Å². The fourth-order valence-electron chi connectivity index (χ4n) is 2.41. The molecule has 0 radical (unpaired) electrons. The molecule has 1 saturated heterocycles. The van der Waals surface area contributed by atoms with Crippen LogP contribution in [0.3, 0.4) is 0 Å². The Kier molecular flexibility index (Phi) is 4.60. The fourth-order valence-corrected chi connectivity index (χ4v) is 2.57. The van der Waals surface area contributed by atoms with Crippen LogP contribution < -0.4 is 0 Å². The molecule has 1 unspecified atom stereocenters. The minimum Gasteiger partial charge on any atom is -0.481 e. The molecule has 0 spiro atoms. The molecular weight excluding hydrogens is 285 g/mol. The van der Waals surface area contributed by atoms with Crippen LogP contribution in [0.1, 0.15) is 29.6 Å². The van der Waals surface area contributed by atoms with Crippen LogP contribution in [-0.4, -0.2) is 35.0 Å². The van der Waals surface area contributed by atoms with Crippen LogP contribution in [0.4, 0.5) is 4.39 Å². The van der Waals surface area contributed by atoms with Gasteiger partial charge in [0.1, 0.15) is 5.82 Å². The molecule has 1 aromatic carbocycles. The van der Waals surface area contributed by atoms with Gasteiger partial charge >= 0.3 is 5.97 Å².